The highest BCUT2D eigenvalue weighted by Crippen LogP contribution is 2.44. The van der Waals surface area contributed by atoms with Crippen LogP contribution in [0, 0.1) is 20.2 Å². The molecule has 0 unspecified atom stereocenters. The van der Waals surface area contributed by atoms with Crippen LogP contribution in [-0.4, -0.2) is 149 Å². The number of non-ortho nitro benzene ring substituents is 2. The first-order chi connectivity index (χ1) is 29.4. The summed E-state index contributed by atoms with van der Waals surface area (Å²) in [5.41, 5.74) is 2.21. The van der Waals surface area contributed by atoms with Gasteiger partial charge < -0.3 is 38.2 Å². The van der Waals surface area contributed by atoms with Gasteiger partial charge in [0.05, 0.1) is 63.6 Å². The molecule has 2 fully saturated rings. The third-order valence-corrected chi connectivity index (χ3v) is 11.1. The van der Waals surface area contributed by atoms with Crippen LogP contribution < -0.4 is 28.4 Å². The van der Waals surface area contributed by atoms with Crippen molar-refractivity contribution in [3.05, 3.63) is 92.0 Å². The summed E-state index contributed by atoms with van der Waals surface area (Å²) in [6.45, 7) is 5.97. The SMILES string of the molecule is COc1cc(-c2ccc([N+](=O)[O-])cc2C(=O)N2CCN(CCCN3CCN(C(=O)c4cc([N+](=O)[O-])ccc4-c4cc(OC)c(OC)c(OC)c4)CC3)CC2)cc(OC)c1OC. The molecule has 0 aromatic heterocycles. The molecule has 2 amide bonds. The zero-order valence-corrected chi connectivity index (χ0v) is 35.1. The van der Waals surface area contributed by atoms with Crippen molar-refractivity contribution in [1.29, 1.82) is 0 Å². The van der Waals surface area contributed by atoms with E-state index in [1.54, 1.807) is 46.2 Å². The van der Waals surface area contributed by atoms with Gasteiger partial charge in [-0.1, -0.05) is 0 Å². The molecule has 4 aromatic carbocycles. The average Bonchev–Trinajstić information content (AvgIpc) is 3.29. The van der Waals surface area contributed by atoms with Crippen molar-refractivity contribution in [2.24, 2.45) is 0 Å². The second kappa shape index (κ2) is 19.6. The summed E-state index contributed by atoms with van der Waals surface area (Å²) in [6, 6.07) is 15.4. The van der Waals surface area contributed by atoms with E-state index in [1.807, 2.05) is 0 Å². The van der Waals surface area contributed by atoms with Crippen molar-refractivity contribution in [2.45, 2.75) is 6.42 Å². The van der Waals surface area contributed by atoms with E-state index in [0.717, 1.165) is 19.5 Å². The molecule has 324 valence electrons. The number of rotatable bonds is 16. The minimum absolute atomic E-state index is 0.187. The Balaban J connectivity index is 1.05. The van der Waals surface area contributed by atoms with Crippen molar-refractivity contribution in [3.63, 3.8) is 0 Å². The second-order valence-corrected chi connectivity index (χ2v) is 14.4. The quantitative estimate of drug-likeness (QED) is 0.102. The maximum absolute atomic E-state index is 14.0. The van der Waals surface area contributed by atoms with Gasteiger partial charge in [-0.2, -0.15) is 0 Å². The Morgan fingerprint density at radius 2 is 0.836 bits per heavy atom. The first-order valence-corrected chi connectivity index (χ1v) is 19.7. The molecule has 2 aliphatic rings. The van der Waals surface area contributed by atoms with E-state index in [0.29, 0.717) is 109 Å². The Kier molecular flexibility index (Phi) is 14.1. The van der Waals surface area contributed by atoms with Crippen molar-refractivity contribution in [2.75, 3.05) is 108 Å². The van der Waals surface area contributed by atoms with Crippen LogP contribution in [0.15, 0.2) is 60.7 Å². The molecule has 18 nitrogen and oxygen atoms in total. The number of nitro benzene ring substituents is 2. The Morgan fingerprint density at radius 1 is 0.508 bits per heavy atom. The normalized spacial score (nSPS) is 14.6. The maximum Gasteiger partial charge on any atom is 0.270 e. The second-order valence-electron chi connectivity index (χ2n) is 14.4. The van der Waals surface area contributed by atoms with Gasteiger partial charge in [0.2, 0.25) is 11.5 Å². The number of ether oxygens (including phenoxy) is 6. The summed E-state index contributed by atoms with van der Waals surface area (Å²) < 4.78 is 33.0. The summed E-state index contributed by atoms with van der Waals surface area (Å²) >= 11 is 0. The van der Waals surface area contributed by atoms with Gasteiger partial charge in [0.15, 0.2) is 23.0 Å². The predicted molar refractivity (Wildman–Crippen MR) is 226 cm³/mol. The lowest BCUT2D eigenvalue weighted by atomic mass is 9.97. The third kappa shape index (κ3) is 9.55. The van der Waals surface area contributed by atoms with Crippen LogP contribution in [0.2, 0.25) is 0 Å². The summed E-state index contributed by atoms with van der Waals surface area (Å²) in [7, 11) is 8.96. The minimum Gasteiger partial charge on any atom is -0.493 e. The molecule has 2 aliphatic heterocycles. The number of amides is 2. The standard InChI is InChI=1S/C43H50N6O12/c1-56-36-22-28(23-37(57-2)40(36)60-5)32-10-8-30(48(52)53)26-34(32)42(50)46-18-14-44(15-19-46)12-7-13-45-16-20-47(21-17-45)43(51)35-27-31(49(54)55)9-11-33(35)29-24-38(58-3)41(61-6)39(25-29)59-4/h8-11,22-27H,7,12-21H2,1-6H3. The Labute approximate surface area is 353 Å². The Bertz CT molecular complexity index is 2060. The van der Waals surface area contributed by atoms with Gasteiger partial charge in [-0.3, -0.25) is 39.6 Å². The zero-order valence-electron chi connectivity index (χ0n) is 35.1. The van der Waals surface area contributed by atoms with E-state index in [9.17, 15) is 29.8 Å². The number of carbonyl (C=O) groups is 2. The fraction of sp³-hybridized carbons (Fsp3) is 0.395. The molecule has 0 spiro atoms. The monoisotopic (exact) mass is 842 g/mol. The lowest BCUT2D eigenvalue weighted by molar-refractivity contribution is -0.385. The van der Waals surface area contributed by atoms with Crippen LogP contribution in [0.3, 0.4) is 0 Å². The van der Waals surface area contributed by atoms with Crippen LogP contribution in [0.25, 0.3) is 22.3 Å². The van der Waals surface area contributed by atoms with Crippen LogP contribution in [0.5, 0.6) is 34.5 Å². The van der Waals surface area contributed by atoms with Crippen LogP contribution >= 0.6 is 0 Å². The molecule has 4 aromatic rings. The molecular formula is C43H50N6O12. The number of methoxy groups -OCH3 is 6. The summed E-state index contributed by atoms with van der Waals surface area (Å²) in [5.74, 6) is 1.72. The number of hydrogen-bond acceptors (Lipinski definition) is 14. The summed E-state index contributed by atoms with van der Waals surface area (Å²) in [4.78, 5) is 58.6. The molecule has 0 bridgehead atoms. The average molecular weight is 843 g/mol. The van der Waals surface area contributed by atoms with E-state index in [2.05, 4.69) is 9.80 Å². The fourth-order valence-corrected chi connectivity index (χ4v) is 7.83. The summed E-state index contributed by atoms with van der Waals surface area (Å²) in [5, 5.41) is 23.5. The highest BCUT2D eigenvalue weighted by Gasteiger charge is 2.29. The number of nitrogens with zero attached hydrogens (tertiary/aromatic N) is 6. The molecule has 2 saturated heterocycles. The van der Waals surface area contributed by atoms with Crippen molar-refractivity contribution >= 4 is 23.2 Å². The Hall–Kier alpha value is -6.66. The van der Waals surface area contributed by atoms with Gasteiger partial charge in [-0.15, -0.1) is 0 Å². The molecular weight excluding hydrogens is 793 g/mol. The predicted octanol–water partition coefficient (Wildman–Crippen LogP) is 5.49. The summed E-state index contributed by atoms with van der Waals surface area (Å²) in [6.07, 6.45) is 0.869. The molecule has 6 rings (SSSR count). The van der Waals surface area contributed by atoms with Gasteiger partial charge in [-0.05, 0) is 78.2 Å². The van der Waals surface area contributed by atoms with Crippen LogP contribution in [-0.2, 0) is 0 Å². The van der Waals surface area contributed by atoms with E-state index >= 15 is 0 Å². The molecule has 0 atom stereocenters. The number of piperazine rings is 2. The van der Waals surface area contributed by atoms with Crippen LogP contribution in [0.4, 0.5) is 11.4 Å². The van der Waals surface area contributed by atoms with Crippen molar-refractivity contribution in [3.8, 4) is 56.8 Å². The topological polar surface area (TPSA) is 189 Å². The van der Waals surface area contributed by atoms with Gasteiger partial charge in [0.1, 0.15) is 0 Å². The van der Waals surface area contributed by atoms with Gasteiger partial charge >= 0.3 is 0 Å². The largest absolute Gasteiger partial charge is 0.493 e. The molecule has 0 radical (unpaired) electrons. The van der Waals surface area contributed by atoms with E-state index in [1.165, 1.54) is 66.9 Å². The maximum atomic E-state index is 14.0. The van der Waals surface area contributed by atoms with E-state index < -0.39 is 9.85 Å². The molecule has 0 N–H and O–H groups in total. The van der Waals surface area contributed by atoms with Crippen molar-refractivity contribution < 1.29 is 47.9 Å². The molecule has 61 heavy (non-hydrogen) atoms. The highest BCUT2D eigenvalue weighted by molar-refractivity contribution is 6.03. The Morgan fingerprint density at radius 3 is 1.11 bits per heavy atom. The zero-order chi connectivity index (χ0) is 43.8. The first-order valence-electron chi connectivity index (χ1n) is 19.7. The van der Waals surface area contributed by atoms with Gasteiger partial charge in [0, 0.05) is 76.6 Å². The lowest BCUT2D eigenvalue weighted by Crippen LogP contribution is -2.50. The fourth-order valence-electron chi connectivity index (χ4n) is 7.83. The highest BCUT2D eigenvalue weighted by atomic mass is 16.6. The first kappa shape index (κ1) is 43.9. The van der Waals surface area contributed by atoms with Gasteiger partial charge in [0.25, 0.3) is 23.2 Å². The number of hydrogen-bond donors (Lipinski definition) is 0. The molecule has 2 heterocycles. The number of carbonyl (C=O) groups excluding carboxylic acids is 2. The van der Waals surface area contributed by atoms with Crippen LogP contribution in [0.1, 0.15) is 27.1 Å². The third-order valence-electron chi connectivity index (χ3n) is 11.1. The van der Waals surface area contributed by atoms with Gasteiger partial charge in [-0.25, -0.2) is 0 Å². The van der Waals surface area contributed by atoms with E-state index in [-0.39, 0.29) is 34.3 Å². The van der Waals surface area contributed by atoms with E-state index in [4.69, 9.17) is 28.4 Å². The molecule has 0 aliphatic carbocycles. The minimum atomic E-state index is -0.516. The van der Waals surface area contributed by atoms with Crippen molar-refractivity contribution in [1.82, 2.24) is 19.6 Å². The lowest BCUT2D eigenvalue weighted by Gasteiger charge is -2.37. The number of nitro groups is 2. The molecule has 18 heteroatoms. The number of benzene rings is 4. The smallest absolute Gasteiger partial charge is 0.270 e. The molecule has 0 saturated carbocycles.